The van der Waals surface area contributed by atoms with Crippen LogP contribution >= 0.6 is 0 Å². The molecule has 3 rings (SSSR count). The van der Waals surface area contributed by atoms with Crippen molar-refractivity contribution in [3.63, 3.8) is 0 Å². The van der Waals surface area contributed by atoms with Gasteiger partial charge >= 0.3 is 6.01 Å². The van der Waals surface area contributed by atoms with E-state index in [1.54, 1.807) is 7.11 Å². The summed E-state index contributed by atoms with van der Waals surface area (Å²) in [6, 6.07) is 0.386. The van der Waals surface area contributed by atoms with Gasteiger partial charge < -0.3 is 15.0 Å². The van der Waals surface area contributed by atoms with Crippen LogP contribution in [0.3, 0.4) is 0 Å². The standard InChI is InChI=1S/C15H25N5O/c1-3-16-12-17-13(19-14(18-12)21-2)20-10-8-15(9-11-20)6-4-5-7-15/h3-11H2,1-2H3,(H,16,17,18,19). The van der Waals surface area contributed by atoms with Gasteiger partial charge in [0.15, 0.2) is 0 Å². The van der Waals surface area contributed by atoms with Gasteiger partial charge in [0.05, 0.1) is 7.11 Å². The number of rotatable bonds is 4. The summed E-state index contributed by atoms with van der Waals surface area (Å²) in [5.41, 5.74) is 0.609. The van der Waals surface area contributed by atoms with Gasteiger partial charge in [0.25, 0.3) is 0 Å². The van der Waals surface area contributed by atoms with Crippen molar-refractivity contribution in [2.75, 3.05) is 37.0 Å². The molecule has 1 saturated heterocycles. The van der Waals surface area contributed by atoms with Crippen LogP contribution in [0.1, 0.15) is 45.4 Å². The number of nitrogens with one attached hydrogen (secondary N) is 1. The summed E-state index contributed by atoms with van der Waals surface area (Å²) < 4.78 is 5.20. The first kappa shape index (κ1) is 14.4. The Balaban J connectivity index is 1.73. The molecule has 0 aromatic carbocycles. The molecule has 0 atom stereocenters. The zero-order valence-electron chi connectivity index (χ0n) is 13.1. The monoisotopic (exact) mass is 291 g/mol. The number of ether oxygens (including phenoxy) is 1. The highest BCUT2D eigenvalue weighted by Crippen LogP contribution is 2.46. The summed E-state index contributed by atoms with van der Waals surface area (Å²) in [6.45, 7) is 4.90. The number of methoxy groups -OCH3 is 1. The van der Waals surface area contributed by atoms with E-state index in [2.05, 4.69) is 25.2 Å². The van der Waals surface area contributed by atoms with E-state index < -0.39 is 0 Å². The fourth-order valence-corrected chi connectivity index (χ4v) is 3.62. The summed E-state index contributed by atoms with van der Waals surface area (Å²) in [4.78, 5) is 15.4. The Morgan fingerprint density at radius 1 is 1.10 bits per heavy atom. The van der Waals surface area contributed by atoms with Gasteiger partial charge in [-0.3, -0.25) is 0 Å². The van der Waals surface area contributed by atoms with Crippen molar-refractivity contribution in [2.45, 2.75) is 45.4 Å². The smallest absolute Gasteiger partial charge is 0.322 e. The first-order chi connectivity index (χ1) is 10.2. The third kappa shape index (κ3) is 3.04. The third-order valence-electron chi connectivity index (χ3n) is 4.89. The van der Waals surface area contributed by atoms with E-state index in [0.29, 0.717) is 17.4 Å². The highest BCUT2D eigenvalue weighted by atomic mass is 16.5. The Kier molecular flexibility index (Phi) is 4.12. The van der Waals surface area contributed by atoms with Gasteiger partial charge in [0.1, 0.15) is 0 Å². The molecule has 1 aliphatic heterocycles. The van der Waals surface area contributed by atoms with E-state index in [1.165, 1.54) is 38.5 Å². The molecule has 1 spiro atoms. The lowest BCUT2D eigenvalue weighted by Crippen LogP contribution is -2.39. The Morgan fingerprint density at radius 3 is 2.43 bits per heavy atom. The second-order valence-corrected chi connectivity index (χ2v) is 6.17. The van der Waals surface area contributed by atoms with Gasteiger partial charge in [0, 0.05) is 19.6 Å². The zero-order valence-corrected chi connectivity index (χ0v) is 13.1. The Morgan fingerprint density at radius 2 is 1.81 bits per heavy atom. The number of aromatic nitrogens is 3. The molecule has 6 nitrogen and oxygen atoms in total. The molecular formula is C15H25N5O. The number of hydrogen-bond donors (Lipinski definition) is 1. The van der Waals surface area contributed by atoms with Crippen molar-refractivity contribution >= 4 is 11.9 Å². The number of hydrogen-bond acceptors (Lipinski definition) is 6. The molecule has 0 amide bonds. The fraction of sp³-hybridized carbons (Fsp3) is 0.800. The van der Waals surface area contributed by atoms with Gasteiger partial charge in [-0.05, 0) is 38.0 Å². The average Bonchev–Trinajstić information content (AvgIpc) is 2.96. The lowest BCUT2D eigenvalue weighted by molar-refractivity contribution is 0.225. The second kappa shape index (κ2) is 6.03. The van der Waals surface area contributed by atoms with Crippen LogP contribution in [0, 0.1) is 5.41 Å². The van der Waals surface area contributed by atoms with Crippen LogP contribution in [0.25, 0.3) is 0 Å². The van der Waals surface area contributed by atoms with E-state index in [1.807, 2.05) is 6.92 Å². The topological polar surface area (TPSA) is 63.2 Å². The van der Waals surface area contributed by atoms with Crippen LogP contribution in [0.2, 0.25) is 0 Å². The van der Waals surface area contributed by atoms with Crippen LogP contribution in [0.4, 0.5) is 11.9 Å². The zero-order chi connectivity index (χ0) is 14.7. The minimum Gasteiger partial charge on any atom is -0.467 e. The third-order valence-corrected chi connectivity index (χ3v) is 4.89. The Bertz CT molecular complexity index is 477. The van der Waals surface area contributed by atoms with Crippen molar-refractivity contribution in [3.05, 3.63) is 0 Å². The summed E-state index contributed by atoms with van der Waals surface area (Å²) in [5, 5.41) is 3.14. The molecular weight excluding hydrogens is 266 g/mol. The summed E-state index contributed by atoms with van der Waals surface area (Å²) in [6.07, 6.45) is 8.15. The summed E-state index contributed by atoms with van der Waals surface area (Å²) in [7, 11) is 1.60. The molecule has 1 N–H and O–H groups in total. The Labute approximate surface area is 126 Å². The average molecular weight is 291 g/mol. The van der Waals surface area contributed by atoms with Crippen molar-refractivity contribution in [1.29, 1.82) is 0 Å². The molecule has 116 valence electrons. The minimum atomic E-state index is 0.386. The van der Waals surface area contributed by atoms with Crippen LogP contribution < -0.4 is 15.0 Å². The largest absolute Gasteiger partial charge is 0.467 e. The quantitative estimate of drug-likeness (QED) is 0.919. The van der Waals surface area contributed by atoms with Crippen LogP contribution in [-0.2, 0) is 0 Å². The molecule has 2 fully saturated rings. The highest BCUT2D eigenvalue weighted by Gasteiger charge is 2.37. The van der Waals surface area contributed by atoms with E-state index in [0.717, 1.165) is 25.6 Å². The summed E-state index contributed by atoms with van der Waals surface area (Å²) >= 11 is 0. The number of anilines is 2. The van der Waals surface area contributed by atoms with Crippen LogP contribution in [-0.4, -0.2) is 41.7 Å². The molecule has 0 bridgehead atoms. The molecule has 2 aliphatic rings. The fourth-order valence-electron chi connectivity index (χ4n) is 3.62. The molecule has 21 heavy (non-hydrogen) atoms. The van der Waals surface area contributed by atoms with Crippen molar-refractivity contribution in [2.24, 2.45) is 5.41 Å². The van der Waals surface area contributed by atoms with E-state index in [-0.39, 0.29) is 0 Å². The lowest BCUT2D eigenvalue weighted by Gasteiger charge is -2.39. The molecule has 1 saturated carbocycles. The van der Waals surface area contributed by atoms with E-state index in [4.69, 9.17) is 4.74 Å². The van der Waals surface area contributed by atoms with Gasteiger partial charge in [-0.2, -0.15) is 15.0 Å². The molecule has 1 aromatic heterocycles. The maximum Gasteiger partial charge on any atom is 0.322 e. The first-order valence-electron chi connectivity index (χ1n) is 8.03. The van der Waals surface area contributed by atoms with E-state index >= 15 is 0 Å². The maximum absolute atomic E-state index is 5.20. The van der Waals surface area contributed by atoms with Gasteiger partial charge in [-0.25, -0.2) is 0 Å². The molecule has 1 aromatic rings. The normalized spacial score (nSPS) is 20.8. The van der Waals surface area contributed by atoms with Gasteiger partial charge in [0.2, 0.25) is 11.9 Å². The maximum atomic E-state index is 5.20. The van der Waals surface area contributed by atoms with Gasteiger partial charge in [-0.1, -0.05) is 12.8 Å². The lowest BCUT2D eigenvalue weighted by atomic mass is 9.77. The van der Waals surface area contributed by atoms with Crippen LogP contribution in [0.5, 0.6) is 6.01 Å². The molecule has 0 radical (unpaired) electrons. The van der Waals surface area contributed by atoms with Crippen molar-refractivity contribution in [3.8, 4) is 6.01 Å². The number of nitrogens with zero attached hydrogens (tertiary/aromatic N) is 4. The predicted octanol–water partition coefficient (Wildman–Crippen LogP) is 2.47. The number of piperidine rings is 1. The van der Waals surface area contributed by atoms with Crippen LogP contribution in [0.15, 0.2) is 0 Å². The second-order valence-electron chi connectivity index (χ2n) is 6.17. The molecule has 2 heterocycles. The van der Waals surface area contributed by atoms with Crippen molar-refractivity contribution in [1.82, 2.24) is 15.0 Å². The minimum absolute atomic E-state index is 0.386. The summed E-state index contributed by atoms with van der Waals surface area (Å²) in [5.74, 6) is 1.34. The van der Waals surface area contributed by atoms with Gasteiger partial charge in [-0.15, -0.1) is 0 Å². The SMILES string of the molecule is CCNc1nc(OC)nc(N2CCC3(CCCC3)CC2)n1. The molecule has 1 aliphatic carbocycles. The van der Waals surface area contributed by atoms with E-state index in [9.17, 15) is 0 Å². The molecule has 6 heteroatoms. The Hall–Kier alpha value is -1.59. The first-order valence-corrected chi connectivity index (χ1v) is 8.03. The van der Waals surface area contributed by atoms with Crippen molar-refractivity contribution < 1.29 is 4.74 Å². The predicted molar refractivity (Wildman–Crippen MR) is 82.9 cm³/mol. The molecule has 0 unspecified atom stereocenters. The highest BCUT2D eigenvalue weighted by molar-refractivity contribution is 5.39.